The lowest BCUT2D eigenvalue weighted by Gasteiger charge is -2.22. The first-order chi connectivity index (χ1) is 20.7. The highest BCUT2D eigenvalue weighted by Crippen LogP contribution is 2.47. The van der Waals surface area contributed by atoms with Crippen LogP contribution in [0.5, 0.6) is 28.7 Å². The van der Waals surface area contributed by atoms with Crippen molar-refractivity contribution >= 4 is 38.3 Å². The summed E-state index contributed by atoms with van der Waals surface area (Å²) in [6.45, 7) is 6.65. The molecule has 42 heavy (non-hydrogen) atoms. The highest BCUT2D eigenvalue weighted by Gasteiger charge is 2.25. The molecular formula is C34H41N3O5. The molecule has 2 saturated heterocycles. The summed E-state index contributed by atoms with van der Waals surface area (Å²) in [5, 5.41) is 5.16. The van der Waals surface area contributed by atoms with E-state index in [2.05, 4.69) is 40.1 Å². The number of rotatable bonds is 11. The largest absolute Gasteiger partial charge is 0.493 e. The predicted molar refractivity (Wildman–Crippen MR) is 167 cm³/mol. The van der Waals surface area contributed by atoms with Crippen LogP contribution < -0.4 is 28.6 Å². The van der Waals surface area contributed by atoms with Crippen molar-refractivity contribution in [1.29, 1.82) is 0 Å². The molecule has 1 aromatic heterocycles. The Morgan fingerprint density at radius 3 is 2.17 bits per heavy atom. The molecular weight excluding hydrogens is 530 g/mol. The number of benzene rings is 3. The first-order valence-corrected chi connectivity index (χ1v) is 15.6. The Morgan fingerprint density at radius 2 is 1.40 bits per heavy atom. The van der Waals surface area contributed by atoms with Crippen molar-refractivity contribution < 1.29 is 23.7 Å². The zero-order valence-electron chi connectivity index (χ0n) is 24.9. The summed E-state index contributed by atoms with van der Waals surface area (Å²) in [6.07, 6.45) is 9.74. The van der Waals surface area contributed by atoms with Gasteiger partial charge in [0, 0.05) is 29.2 Å². The molecule has 0 radical (unpaired) electrons. The van der Waals surface area contributed by atoms with Crippen LogP contribution in [0, 0.1) is 0 Å². The maximum Gasteiger partial charge on any atom is 0.231 e. The number of hydrogen-bond acceptors (Lipinski definition) is 8. The molecule has 0 N–H and O–H groups in total. The Kier molecular flexibility index (Phi) is 7.72. The van der Waals surface area contributed by atoms with E-state index in [1.807, 2.05) is 0 Å². The molecule has 8 heteroatoms. The van der Waals surface area contributed by atoms with Gasteiger partial charge in [-0.25, -0.2) is 4.98 Å². The lowest BCUT2D eigenvalue weighted by Crippen LogP contribution is -2.20. The third-order valence-corrected chi connectivity index (χ3v) is 9.05. The van der Waals surface area contributed by atoms with E-state index in [9.17, 15) is 0 Å². The van der Waals surface area contributed by atoms with E-state index >= 15 is 0 Å². The van der Waals surface area contributed by atoms with E-state index in [4.69, 9.17) is 28.7 Å². The van der Waals surface area contributed by atoms with E-state index in [0.717, 1.165) is 87.9 Å². The smallest absolute Gasteiger partial charge is 0.231 e. The number of aromatic nitrogens is 1. The van der Waals surface area contributed by atoms with Gasteiger partial charge in [0.25, 0.3) is 0 Å². The van der Waals surface area contributed by atoms with Crippen LogP contribution in [0.3, 0.4) is 0 Å². The molecule has 8 nitrogen and oxygen atoms in total. The van der Waals surface area contributed by atoms with Gasteiger partial charge in [-0.15, -0.1) is 0 Å². The third kappa shape index (κ3) is 5.10. The van der Waals surface area contributed by atoms with Crippen molar-refractivity contribution in [2.75, 3.05) is 65.2 Å². The van der Waals surface area contributed by atoms with Gasteiger partial charge in [0.2, 0.25) is 6.79 Å². The molecule has 2 fully saturated rings. The molecule has 3 aliphatic rings. The van der Waals surface area contributed by atoms with Gasteiger partial charge >= 0.3 is 0 Å². The minimum absolute atomic E-state index is 0.233. The number of likely N-dealkylation sites (tertiary alicyclic amines) is 1. The zero-order chi connectivity index (χ0) is 28.5. The van der Waals surface area contributed by atoms with Gasteiger partial charge in [-0.2, -0.15) is 0 Å². The third-order valence-electron chi connectivity index (χ3n) is 9.05. The SMILES string of the molecule is COc1cc2c(N3CCCC3)nc3c4cc5c(cc4cc(OCCCCCCN4CCCC4)c3c2cc1OC)OCO5. The average molecular weight is 572 g/mol. The highest BCUT2D eigenvalue weighted by atomic mass is 16.7. The van der Waals surface area contributed by atoms with Gasteiger partial charge in [-0.05, 0) is 93.9 Å². The lowest BCUT2D eigenvalue weighted by atomic mass is 9.98. The molecule has 0 saturated carbocycles. The van der Waals surface area contributed by atoms with Gasteiger partial charge in [-0.1, -0.05) is 12.8 Å². The van der Waals surface area contributed by atoms with Crippen LogP contribution in [-0.4, -0.2) is 70.2 Å². The number of anilines is 1. The van der Waals surface area contributed by atoms with Gasteiger partial charge in [-0.3, -0.25) is 0 Å². The maximum absolute atomic E-state index is 6.62. The number of nitrogens with zero attached hydrogens (tertiary/aromatic N) is 3. The average Bonchev–Trinajstić information content (AvgIpc) is 3.82. The van der Waals surface area contributed by atoms with E-state index in [1.165, 1.54) is 51.7 Å². The van der Waals surface area contributed by atoms with Gasteiger partial charge in [0.1, 0.15) is 11.6 Å². The lowest BCUT2D eigenvalue weighted by molar-refractivity contribution is 0.174. The number of fused-ring (bicyclic) bond motifs is 6. The van der Waals surface area contributed by atoms with Gasteiger partial charge in [0.05, 0.1) is 31.7 Å². The fraction of sp³-hybridized carbons (Fsp3) is 0.500. The first kappa shape index (κ1) is 27.2. The molecule has 0 bridgehead atoms. The maximum atomic E-state index is 6.62. The Labute approximate surface area is 247 Å². The second kappa shape index (κ2) is 11.9. The molecule has 0 spiro atoms. The summed E-state index contributed by atoms with van der Waals surface area (Å²) >= 11 is 0. The fourth-order valence-corrected chi connectivity index (χ4v) is 6.82. The van der Waals surface area contributed by atoms with E-state index < -0.39 is 0 Å². The topological polar surface area (TPSA) is 65.5 Å². The van der Waals surface area contributed by atoms with E-state index in [-0.39, 0.29) is 6.79 Å². The quantitative estimate of drug-likeness (QED) is 0.142. The van der Waals surface area contributed by atoms with E-state index in [1.54, 1.807) is 14.2 Å². The standard InChI is InChI=1S/C34H41N3O5/c1-38-27-20-25-26(21-28(27)39-2)34(37-14-8-9-15-37)35-33-24-19-30-29(41-22-42-30)17-23(24)18-31(32(25)33)40-16-10-4-3-5-11-36-12-6-7-13-36/h17-21H,3-16,22H2,1-2H3. The van der Waals surface area contributed by atoms with Crippen molar-refractivity contribution in [3.8, 4) is 28.7 Å². The Bertz CT molecular complexity index is 1590. The van der Waals surface area contributed by atoms with Crippen LogP contribution in [0.1, 0.15) is 51.4 Å². The molecule has 0 unspecified atom stereocenters. The van der Waals surface area contributed by atoms with E-state index in [0.29, 0.717) is 18.1 Å². The Hall–Kier alpha value is -3.65. The minimum Gasteiger partial charge on any atom is -0.493 e. The minimum atomic E-state index is 0.233. The van der Waals surface area contributed by atoms with Gasteiger partial charge < -0.3 is 33.5 Å². The summed E-state index contributed by atoms with van der Waals surface area (Å²) in [4.78, 5) is 10.4. The van der Waals surface area contributed by atoms with Crippen molar-refractivity contribution in [2.45, 2.75) is 51.4 Å². The van der Waals surface area contributed by atoms with Gasteiger partial charge in [0.15, 0.2) is 23.0 Å². The second-order valence-electron chi connectivity index (χ2n) is 11.7. The molecule has 222 valence electrons. The zero-order valence-corrected chi connectivity index (χ0v) is 24.9. The molecule has 0 aliphatic carbocycles. The van der Waals surface area contributed by atoms with Crippen LogP contribution in [0.25, 0.3) is 32.4 Å². The van der Waals surface area contributed by atoms with Crippen LogP contribution in [0.15, 0.2) is 30.3 Å². The Morgan fingerprint density at radius 1 is 0.714 bits per heavy atom. The highest BCUT2D eigenvalue weighted by molar-refractivity contribution is 6.21. The molecule has 3 aliphatic heterocycles. The Balaban J connectivity index is 1.29. The van der Waals surface area contributed by atoms with Crippen molar-refractivity contribution in [3.63, 3.8) is 0 Å². The number of ether oxygens (including phenoxy) is 5. The summed E-state index contributed by atoms with van der Waals surface area (Å²) in [5.41, 5.74) is 0.910. The molecule has 7 rings (SSSR count). The number of methoxy groups -OCH3 is 2. The molecule has 4 aromatic rings. The molecule has 4 heterocycles. The summed E-state index contributed by atoms with van der Waals surface area (Å²) < 4.78 is 29.7. The molecule has 0 atom stereocenters. The summed E-state index contributed by atoms with van der Waals surface area (Å²) in [7, 11) is 3.37. The van der Waals surface area contributed by atoms with Crippen molar-refractivity contribution in [3.05, 3.63) is 30.3 Å². The van der Waals surface area contributed by atoms with Crippen molar-refractivity contribution in [1.82, 2.24) is 9.88 Å². The predicted octanol–water partition coefficient (Wildman–Crippen LogP) is 6.92. The second-order valence-corrected chi connectivity index (χ2v) is 11.7. The molecule has 3 aromatic carbocycles. The number of hydrogen-bond donors (Lipinski definition) is 0. The number of pyridine rings is 1. The summed E-state index contributed by atoms with van der Waals surface area (Å²) in [6, 6.07) is 10.4. The normalized spacial score (nSPS) is 16.8. The van der Waals surface area contributed by atoms with Crippen LogP contribution in [0.4, 0.5) is 5.82 Å². The van der Waals surface area contributed by atoms with Crippen molar-refractivity contribution in [2.24, 2.45) is 0 Å². The van der Waals surface area contributed by atoms with Crippen LogP contribution in [-0.2, 0) is 0 Å². The first-order valence-electron chi connectivity index (χ1n) is 15.6. The van der Waals surface area contributed by atoms with Crippen LogP contribution >= 0.6 is 0 Å². The number of unbranched alkanes of at least 4 members (excludes halogenated alkanes) is 3. The molecule has 0 amide bonds. The van der Waals surface area contributed by atoms with Crippen LogP contribution in [0.2, 0.25) is 0 Å². The fourth-order valence-electron chi connectivity index (χ4n) is 6.82. The summed E-state index contributed by atoms with van der Waals surface area (Å²) in [5.74, 6) is 4.73. The monoisotopic (exact) mass is 571 g/mol.